The summed E-state index contributed by atoms with van der Waals surface area (Å²) in [5, 5.41) is 0. The van der Waals surface area contributed by atoms with Crippen LogP contribution in [0.4, 0.5) is 0 Å². The molecule has 9 heavy (non-hydrogen) atoms. The second kappa shape index (κ2) is 3.88. The summed E-state index contributed by atoms with van der Waals surface area (Å²) in [5.74, 6) is 0. The van der Waals surface area contributed by atoms with Crippen molar-refractivity contribution >= 4 is 32.9 Å². The Morgan fingerprint density at radius 3 is 2.00 bits per heavy atom. The number of thiol groups is 2. The molecule has 0 saturated carbocycles. The van der Waals surface area contributed by atoms with Crippen molar-refractivity contribution in [3.05, 3.63) is 0 Å². The lowest BCUT2D eigenvalue weighted by Gasteiger charge is -2.03. The van der Waals surface area contributed by atoms with Crippen LogP contribution in [-0.2, 0) is 4.57 Å². The Kier molecular flexibility index (Phi) is 4.25. The lowest BCUT2D eigenvalue weighted by molar-refractivity contribution is 0.372. The van der Waals surface area contributed by atoms with Crippen LogP contribution in [0.2, 0.25) is 0 Å². The van der Waals surface area contributed by atoms with E-state index >= 15 is 0 Å². The monoisotopic (exact) mass is 188 g/mol. The minimum absolute atomic E-state index is 0.134. The molecule has 0 heterocycles. The molecule has 0 saturated heterocycles. The molecule has 56 valence electrons. The van der Waals surface area contributed by atoms with E-state index in [1.807, 2.05) is 0 Å². The highest BCUT2D eigenvalue weighted by atomic mass is 32.2. The molecule has 0 spiro atoms. The van der Waals surface area contributed by atoms with Gasteiger partial charge >= 0.3 is 7.60 Å². The van der Waals surface area contributed by atoms with Crippen LogP contribution in [-0.4, -0.2) is 20.5 Å². The molecule has 0 aromatic heterocycles. The van der Waals surface area contributed by atoms with Gasteiger partial charge in [0.2, 0.25) is 0 Å². The van der Waals surface area contributed by atoms with Crippen molar-refractivity contribution in [1.29, 1.82) is 0 Å². The van der Waals surface area contributed by atoms with E-state index in [1.165, 1.54) is 0 Å². The Morgan fingerprint density at radius 2 is 1.89 bits per heavy atom. The van der Waals surface area contributed by atoms with Crippen LogP contribution in [0.5, 0.6) is 0 Å². The molecule has 0 unspecified atom stereocenters. The number of rotatable bonds is 3. The molecule has 0 amide bonds. The minimum atomic E-state index is -3.82. The topological polar surface area (TPSA) is 57.5 Å². The van der Waals surface area contributed by atoms with E-state index in [-0.39, 0.29) is 10.7 Å². The molecule has 0 fully saturated rings. The molecule has 0 rings (SSSR count). The van der Waals surface area contributed by atoms with Crippen molar-refractivity contribution < 1.29 is 14.4 Å². The molecule has 6 heteroatoms. The van der Waals surface area contributed by atoms with E-state index in [2.05, 4.69) is 25.3 Å². The first-order chi connectivity index (χ1) is 3.92. The van der Waals surface area contributed by atoms with Crippen molar-refractivity contribution in [2.24, 2.45) is 0 Å². The first kappa shape index (κ1) is 9.85. The first-order valence-corrected chi connectivity index (χ1v) is 5.15. The van der Waals surface area contributed by atoms with E-state index in [4.69, 9.17) is 9.79 Å². The fourth-order valence-corrected chi connectivity index (χ4v) is 1.54. The molecule has 0 aliphatic rings. The van der Waals surface area contributed by atoms with Crippen molar-refractivity contribution in [3.63, 3.8) is 0 Å². The van der Waals surface area contributed by atoms with Gasteiger partial charge in [-0.1, -0.05) is 0 Å². The quantitative estimate of drug-likeness (QED) is 0.300. The van der Waals surface area contributed by atoms with Gasteiger partial charge in [0.05, 0.1) is 6.16 Å². The summed E-state index contributed by atoms with van der Waals surface area (Å²) in [7, 11) is -3.82. The highest BCUT2D eigenvalue weighted by Crippen LogP contribution is 2.36. The average molecular weight is 188 g/mol. The average Bonchev–Trinajstić information content (AvgIpc) is 1.59. The van der Waals surface area contributed by atoms with Crippen molar-refractivity contribution in [2.45, 2.75) is 11.0 Å². The van der Waals surface area contributed by atoms with Gasteiger partial charge in [-0.2, -0.15) is 25.3 Å². The summed E-state index contributed by atoms with van der Waals surface area (Å²) in [6.07, 6.45) is 0.196. The van der Waals surface area contributed by atoms with Crippen molar-refractivity contribution in [2.75, 3.05) is 6.16 Å². The smallest absolute Gasteiger partial charge is 0.324 e. The maximum Gasteiger partial charge on any atom is 0.325 e. The van der Waals surface area contributed by atoms with Crippen LogP contribution in [0, 0.1) is 0 Å². The minimum Gasteiger partial charge on any atom is -0.324 e. The highest BCUT2D eigenvalue weighted by molar-refractivity contribution is 7.99. The fraction of sp³-hybridized carbons (Fsp3) is 1.00. The molecule has 2 N–H and O–H groups in total. The second-order valence-electron chi connectivity index (χ2n) is 1.66. The van der Waals surface area contributed by atoms with Crippen molar-refractivity contribution in [3.8, 4) is 0 Å². The third-order valence-corrected chi connectivity index (χ3v) is 2.04. The van der Waals surface area contributed by atoms with Crippen molar-refractivity contribution in [1.82, 2.24) is 0 Å². The molecule has 0 aromatic carbocycles. The molecular weight excluding hydrogens is 179 g/mol. The lowest BCUT2D eigenvalue weighted by Crippen LogP contribution is -1.93. The first-order valence-electron chi connectivity index (χ1n) is 2.32. The Hall–Kier alpha value is 0.850. The van der Waals surface area contributed by atoms with Crippen LogP contribution in [0.3, 0.4) is 0 Å². The number of hydrogen-bond donors (Lipinski definition) is 4. The predicted octanol–water partition coefficient (Wildman–Crippen LogP) is 0.740. The summed E-state index contributed by atoms with van der Waals surface area (Å²) >= 11 is 7.66. The van der Waals surface area contributed by atoms with Gasteiger partial charge in [-0.3, -0.25) is 4.57 Å². The normalized spacial score (nSPS) is 12.6. The van der Waals surface area contributed by atoms with Gasteiger partial charge < -0.3 is 9.79 Å². The maximum atomic E-state index is 10.2. The summed E-state index contributed by atoms with van der Waals surface area (Å²) in [6.45, 7) is 0. The summed E-state index contributed by atoms with van der Waals surface area (Å²) < 4.78 is 9.92. The second-order valence-corrected chi connectivity index (χ2v) is 5.09. The van der Waals surface area contributed by atoms with E-state index in [1.54, 1.807) is 0 Å². The van der Waals surface area contributed by atoms with Crippen LogP contribution < -0.4 is 0 Å². The standard InChI is InChI=1S/C3H9O3PS2/c4-7(5,6)2-1-3(8)9/h3,8-9H,1-2H2,(H2,4,5,6). The van der Waals surface area contributed by atoms with Crippen LogP contribution >= 0.6 is 32.9 Å². The van der Waals surface area contributed by atoms with E-state index in [9.17, 15) is 4.57 Å². The lowest BCUT2D eigenvalue weighted by atomic mass is 10.6. The van der Waals surface area contributed by atoms with Gasteiger partial charge in [0.25, 0.3) is 0 Å². The van der Waals surface area contributed by atoms with Crippen LogP contribution in [0.15, 0.2) is 0 Å². The molecule has 3 nitrogen and oxygen atoms in total. The highest BCUT2D eigenvalue weighted by Gasteiger charge is 2.12. The third-order valence-electron chi connectivity index (χ3n) is 0.679. The molecule has 0 aliphatic heterocycles. The maximum absolute atomic E-state index is 10.2. The Bertz CT molecular complexity index is 120. The predicted molar refractivity (Wildman–Crippen MR) is 43.3 cm³/mol. The molecular formula is C3H9O3PS2. The van der Waals surface area contributed by atoms with Gasteiger partial charge in [0.1, 0.15) is 0 Å². The zero-order valence-electron chi connectivity index (χ0n) is 4.64. The van der Waals surface area contributed by atoms with Gasteiger partial charge in [-0.15, -0.1) is 0 Å². The largest absolute Gasteiger partial charge is 0.325 e. The zero-order valence-corrected chi connectivity index (χ0v) is 7.32. The fourth-order valence-electron chi connectivity index (χ4n) is 0.284. The molecule has 0 aromatic rings. The Morgan fingerprint density at radius 1 is 1.44 bits per heavy atom. The van der Waals surface area contributed by atoms with Gasteiger partial charge in [0.15, 0.2) is 0 Å². The van der Waals surface area contributed by atoms with E-state index < -0.39 is 7.60 Å². The van der Waals surface area contributed by atoms with Crippen LogP contribution in [0.1, 0.15) is 6.42 Å². The SMILES string of the molecule is O=P(O)(O)CCC(S)S. The Balaban J connectivity index is 3.40. The molecule has 0 atom stereocenters. The summed E-state index contributed by atoms with van der Waals surface area (Å²) in [5.41, 5.74) is 0. The summed E-state index contributed by atoms with van der Waals surface area (Å²) in [6, 6.07) is 0. The van der Waals surface area contributed by atoms with E-state index in [0.717, 1.165) is 0 Å². The molecule has 0 bridgehead atoms. The number of hydrogen-bond acceptors (Lipinski definition) is 3. The van der Waals surface area contributed by atoms with E-state index in [0.29, 0.717) is 6.42 Å². The molecule has 0 radical (unpaired) electrons. The molecule has 0 aliphatic carbocycles. The van der Waals surface area contributed by atoms with Gasteiger partial charge in [-0.25, -0.2) is 0 Å². The zero-order chi connectivity index (χ0) is 7.49. The summed E-state index contributed by atoms with van der Waals surface area (Å²) in [4.78, 5) is 16.6. The third kappa shape index (κ3) is 8.85. The Labute approximate surface area is 64.8 Å². The van der Waals surface area contributed by atoms with Crippen LogP contribution in [0.25, 0.3) is 0 Å². The van der Waals surface area contributed by atoms with Gasteiger partial charge in [-0.05, 0) is 6.42 Å². The van der Waals surface area contributed by atoms with Gasteiger partial charge in [0, 0.05) is 4.58 Å².